The number of rotatable bonds is 4. The highest BCUT2D eigenvalue weighted by atomic mass is 19.4. The quantitative estimate of drug-likeness (QED) is 0.886. The highest BCUT2D eigenvalue weighted by molar-refractivity contribution is 5.79. The Morgan fingerprint density at radius 2 is 2.09 bits per heavy atom. The second kappa shape index (κ2) is 6.28. The van der Waals surface area contributed by atoms with Gasteiger partial charge < -0.3 is 10.4 Å². The fraction of sp³-hybridized carbons (Fsp3) is 0.714. The second-order valence-electron chi connectivity index (χ2n) is 5.77. The van der Waals surface area contributed by atoms with E-state index in [1.807, 2.05) is 0 Å². The molecule has 1 aliphatic rings. The number of aromatic nitrogens is 2. The molecule has 0 aliphatic heterocycles. The van der Waals surface area contributed by atoms with Crippen molar-refractivity contribution < 1.29 is 23.1 Å². The third kappa shape index (κ3) is 4.00. The number of aliphatic hydroxyl groups excluding tert-OH is 1. The van der Waals surface area contributed by atoms with E-state index in [0.717, 1.165) is 17.5 Å². The van der Waals surface area contributed by atoms with E-state index in [4.69, 9.17) is 0 Å². The van der Waals surface area contributed by atoms with E-state index in [-0.39, 0.29) is 18.4 Å². The summed E-state index contributed by atoms with van der Waals surface area (Å²) in [5.74, 6) is -0.302. The number of hydrogen-bond acceptors (Lipinski definition) is 3. The number of nitrogens with one attached hydrogen (secondary N) is 1. The third-order valence-corrected chi connectivity index (χ3v) is 4.02. The Hall–Kier alpha value is -1.57. The number of nitrogens with zero attached hydrogens (tertiary/aromatic N) is 2. The van der Waals surface area contributed by atoms with Crippen molar-refractivity contribution in [1.82, 2.24) is 15.1 Å². The zero-order valence-electron chi connectivity index (χ0n) is 12.6. The van der Waals surface area contributed by atoms with Crippen molar-refractivity contribution in [3.63, 3.8) is 0 Å². The molecule has 1 aromatic heterocycles. The Morgan fingerprint density at radius 1 is 1.41 bits per heavy atom. The molecule has 2 atom stereocenters. The van der Waals surface area contributed by atoms with Crippen LogP contribution in [0.3, 0.4) is 0 Å². The molecular formula is C14H20F3N3O2. The summed E-state index contributed by atoms with van der Waals surface area (Å²) in [6.45, 7) is 1.95. The monoisotopic (exact) mass is 319 g/mol. The van der Waals surface area contributed by atoms with Crippen molar-refractivity contribution >= 4 is 5.91 Å². The van der Waals surface area contributed by atoms with E-state index in [9.17, 15) is 23.1 Å². The number of amides is 1. The molecule has 124 valence electrons. The Balaban J connectivity index is 2.04. The Bertz CT molecular complexity index is 554. The standard InChI is InChI=1S/C14H20F3N3O2/c1-8-10(9(2)20(19-8)7-14(15,16)17)6-13(22)18-11-4-3-5-12(11)21/h11-12,21H,3-7H2,1-2H3,(H,18,22)/t11-,12+/m0/s1. The number of carbonyl (C=O) groups excluding carboxylic acids is 1. The predicted octanol–water partition coefficient (Wildman–Crippen LogP) is 1.63. The van der Waals surface area contributed by atoms with Gasteiger partial charge in [-0.2, -0.15) is 18.3 Å². The molecule has 0 bridgehead atoms. The average molecular weight is 319 g/mol. The Labute approximate surface area is 126 Å². The molecule has 8 heteroatoms. The molecule has 0 unspecified atom stereocenters. The zero-order chi connectivity index (χ0) is 16.5. The summed E-state index contributed by atoms with van der Waals surface area (Å²) < 4.78 is 38.3. The average Bonchev–Trinajstić information content (AvgIpc) is 2.87. The summed E-state index contributed by atoms with van der Waals surface area (Å²) in [7, 11) is 0. The molecule has 1 amide bonds. The number of aliphatic hydroxyl groups is 1. The maximum absolute atomic E-state index is 12.5. The minimum Gasteiger partial charge on any atom is -0.391 e. The number of alkyl halides is 3. The number of carbonyl (C=O) groups is 1. The highest BCUT2D eigenvalue weighted by Crippen LogP contribution is 2.22. The van der Waals surface area contributed by atoms with Gasteiger partial charge in [-0.1, -0.05) is 0 Å². The van der Waals surface area contributed by atoms with Crippen LogP contribution in [0.4, 0.5) is 13.2 Å². The first-order valence-electron chi connectivity index (χ1n) is 7.24. The van der Waals surface area contributed by atoms with Gasteiger partial charge in [-0.05, 0) is 33.1 Å². The Morgan fingerprint density at radius 3 is 2.64 bits per heavy atom. The van der Waals surface area contributed by atoms with Gasteiger partial charge in [0.25, 0.3) is 0 Å². The maximum Gasteiger partial charge on any atom is 0.408 e. The molecule has 1 heterocycles. The summed E-state index contributed by atoms with van der Waals surface area (Å²) in [5.41, 5.74) is 1.27. The van der Waals surface area contributed by atoms with Gasteiger partial charge in [-0.3, -0.25) is 9.48 Å². The molecule has 1 saturated carbocycles. The van der Waals surface area contributed by atoms with Crippen LogP contribution in [0, 0.1) is 13.8 Å². The van der Waals surface area contributed by atoms with Crippen LogP contribution in [0.25, 0.3) is 0 Å². The number of halogens is 3. The van der Waals surface area contributed by atoms with Crippen LogP contribution in [-0.4, -0.2) is 39.1 Å². The first kappa shape index (κ1) is 16.8. The van der Waals surface area contributed by atoms with Gasteiger partial charge in [0, 0.05) is 11.3 Å². The topological polar surface area (TPSA) is 67.2 Å². The first-order valence-corrected chi connectivity index (χ1v) is 7.24. The Kier molecular flexibility index (Phi) is 4.79. The van der Waals surface area contributed by atoms with Crippen molar-refractivity contribution in [2.24, 2.45) is 0 Å². The molecule has 5 nitrogen and oxygen atoms in total. The third-order valence-electron chi connectivity index (χ3n) is 4.02. The normalized spacial score (nSPS) is 22.1. The number of hydrogen-bond donors (Lipinski definition) is 2. The second-order valence-corrected chi connectivity index (χ2v) is 5.77. The van der Waals surface area contributed by atoms with Gasteiger partial charge in [-0.15, -0.1) is 0 Å². The van der Waals surface area contributed by atoms with Gasteiger partial charge in [-0.25, -0.2) is 0 Å². The maximum atomic E-state index is 12.5. The summed E-state index contributed by atoms with van der Waals surface area (Å²) >= 11 is 0. The lowest BCUT2D eigenvalue weighted by atomic mass is 10.1. The van der Waals surface area contributed by atoms with Crippen LogP contribution in [-0.2, 0) is 17.8 Å². The van der Waals surface area contributed by atoms with Crippen LogP contribution in [0.1, 0.15) is 36.2 Å². The fourth-order valence-corrected chi connectivity index (χ4v) is 2.84. The van der Waals surface area contributed by atoms with Crippen LogP contribution in [0.15, 0.2) is 0 Å². The van der Waals surface area contributed by atoms with Crippen molar-refractivity contribution in [1.29, 1.82) is 0 Å². The zero-order valence-corrected chi connectivity index (χ0v) is 12.6. The van der Waals surface area contributed by atoms with Crippen molar-refractivity contribution in [2.75, 3.05) is 0 Å². The SMILES string of the molecule is Cc1nn(CC(F)(F)F)c(C)c1CC(=O)N[C@H]1CCC[C@H]1O. The highest BCUT2D eigenvalue weighted by Gasteiger charge is 2.31. The molecule has 1 fully saturated rings. The van der Waals surface area contributed by atoms with E-state index >= 15 is 0 Å². The molecule has 0 radical (unpaired) electrons. The van der Waals surface area contributed by atoms with Gasteiger partial charge in [0.05, 0.1) is 24.3 Å². The van der Waals surface area contributed by atoms with Gasteiger partial charge in [0.15, 0.2) is 0 Å². The van der Waals surface area contributed by atoms with E-state index in [1.165, 1.54) is 6.92 Å². The minimum atomic E-state index is -4.35. The van der Waals surface area contributed by atoms with E-state index in [1.54, 1.807) is 6.92 Å². The number of aryl methyl sites for hydroxylation is 1. The molecule has 22 heavy (non-hydrogen) atoms. The lowest BCUT2D eigenvalue weighted by Crippen LogP contribution is -2.40. The van der Waals surface area contributed by atoms with Gasteiger partial charge >= 0.3 is 6.18 Å². The molecular weight excluding hydrogens is 299 g/mol. The van der Waals surface area contributed by atoms with E-state index < -0.39 is 18.8 Å². The van der Waals surface area contributed by atoms with Gasteiger partial charge in [0.2, 0.25) is 5.91 Å². The lowest BCUT2D eigenvalue weighted by molar-refractivity contribution is -0.142. The van der Waals surface area contributed by atoms with Crippen LogP contribution in [0.5, 0.6) is 0 Å². The largest absolute Gasteiger partial charge is 0.408 e. The summed E-state index contributed by atoms with van der Waals surface area (Å²) in [6, 6.07) is -0.265. The lowest BCUT2D eigenvalue weighted by Gasteiger charge is -2.16. The molecule has 2 N–H and O–H groups in total. The first-order chi connectivity index (χ1) is 10.2. The molecule has 2 rings (SSSR count). The molecule has 0 aromatic carbocycles. The fourth-order valence-electron chi connectivity index (χ4n) is 2.84. The van der Waals surface area contributed by atoms with Crippen LogP contribution in [0.2, 0.25) is 0 Å². The van der Waals surface area contributed by atoms with Crippen LogP contribution < -0.4 is 5.32 Å². The molecule has 1 aromatic rings. The summed E-state index contributed by atoms with van der Waals surface area (Å²) in [6.07, 6.45) is -2.69. The van der Waals surface area contributed by atoms with Crippen molar-refractivity contribution in [3.05, 3.63) is 17.0 Å². The molecule has 0 saturated heterocycles. The smallest absolute Gasteiger partial charge is 0.391 e. The summed E-state index contributed by atoms with van der Waals surface area (Å²) in [5, 5.41) is 16.3. The molecule has 0 spiro atoms. The molecule has 1 aliphatic carbocycles. The van der Waals surface area contributed by atoms with Gasteiger partial charge in [0.1, 0.15) is 6.54 Å². The van der Waals surface area contributed by atoms with Crippen molar-refractivity contribution in [3.8, 4) is 0 Å². The predicted molar refractivity (Wildman–Crippen MR) is 73.2 cm³/mol. The van der Waals surface area contributed by atoms with E-state index in [0.29, 0.717) is 23.4 Å². The van der Waals surface area contributed by atoms with E-state index in [2.05, 4.69) is 10.4 Å². The minimum absolute atomic E-state index is 0.0290. The van der Waals surface area contributed by atoms with Crippen LogP contribution >= 0.6 is 0 Å². The summed E-state index contributed by atoms with van der Waals surface area (Å²) in [4.78, 5) is 12.0. The van der Waals surface area contributed by atoms with Crippen molar-refractivity contribution in [2.45, 2.75) is 64.4 Å².